The molecule has 1 heterocycles. The number of benzene rings is 2. The maximum Gasteiger partial charge on any atom is 0.279 e. The molecule has 0 aromatic heterocycles. The molecule has 0 saturated carbocycles. The minimum Gasteiger partial charge on any atom is -0.198 e. The Morgan fingerprint density at radius 1 is 0.962 bits per heavy atom. The Bertz CT molecular complexity index is 754. The van der Waals surface area contributed by atoms with Gasteiger partial charge in [-0.25, -0.2) is 0 Å². The second-order valence-electron chi connectivity index (χ2n) is 7.17. The van der Waals surface area contributed by atoms with Gasteiger partial charge in [0.2, 0.25) is 0 Å². The van der Waals surface area contributed by atoms with Crippen molar-refractivity contribution in [3.63, 3.8) is 0 Å². The fourth-order valence-corrected chi connectivity index (χ4v) is 5.58. The van der Waals surface area contributed by atoms with E-state index >= 15 is 0 Å². The zero-order valence-electron chi connectivity index (χ0n) is 15.5. The lowest BCUT2D eigenvalue weighted by atomic mass is 9.86. The van der Waals surface area contributed by atoms with Crippen molar-refractivity contribution in [1.82, 2.24) is 9.03 Å². The molecule has 2 aromatic rings. The number of rotatable bonds is 6. The van der Waals surface area contributed by atoms with Crippen LogP contribution in [0.25, 0.3) is 0 Å². The van der Waals surface area contributed by atoms with E-state index in [0.29, 0.717) is 6.54 Å². The van der Waals surface area contributed by atoms with E-state index in [1.807, 2.05) is 50.2 Å². The van der Waals surface area contributed by atoms with Gasteiger partial charge in [0.15, 0.2) is 0 Å². The van der Waals surface area contributed by atoms with Gasteiger partial charge in [0.25, 0.3) is 10.2 Å². The lowest BCUT2D eigenvalue weighted by Gasteiger charge is -2.34. The Morgan fingerprint density at radius 2 is 1.50 bits per heavy atom. The average Bonchev–Trinajstić information content (AvgIpc) is 2.63. The highest BCUT2D eigenvalue weighted by Gasteiger charge is 2.33. The Kier molecular flexibility index (Phi) is 6.12. The summed E-state index contributed by atoms with van der Waals surface area (Å²) in [6.07, 6.45) is 2.95. The minimum absolute atomic E-state index is 0.0349. The van der Waals surface area contributed by atoms with Crippen LogP contribution in [0.5, 0.6) is 0 Å². The fraction of sp³-hybridized carbons (Fsp3) is 0.429. The largest absolute Gasteiger partial charge is 0.279 e. The number of hydrogen-bond acceptors (Lipinski definition) is 2. The maximum atomic E-state index is 13.0. The highest BCUT2D eigenvalue weighted by atomic mass is 32.2. The molecule has 1 saturated heterocycles. The van der Waals surface area contributed by atoms with Crippen molar-refractivity contribution in [3.05, 3.63) is 71.8 Å². The summed E-state index contributed by atoms with van der Waals surface area (Å²) in [6, 6.07) is 20.0. The molecule has 2 atom stereocenters. The first-order chi connectivity index (χ1) is 12.5. The molecule has 4 nitrogen and oxygen atoms in total. The van der Waals surface area contributed by atoms with E-state index in [2.05, 4.69) is 29.0 Å². The van der Waals surface area contributed by atoms with Crippen LogP contribution in [0.15, 0.2) is 60.7 Å². The SMILES string of the molecule is C[C@H](NS(=O)(=O)N1CCCC[C@@H]1C)C(c1ccccc1)c1ccccc1. The first-order valence-corrected chi connectivity index (χ1v) is 10.8. The van der Waals surface area contributed by atoms with Gasteiger partial charge in [-0.15, -0.1) is 0 Å². The minimum atomic E-state index is -3.51. The number of nitrogens with zero attached hydrogens (tertiary/aromatic N) is 1. The van der Waals surface area contributed by atoms with Crippen molar-refractivity contribution in [2.24, 2.45) is 0 Å². The number of piperidine rings is 1. The fourth-order valence-electron chi connectivity index (χ4n) is 3.89. The summed E-state index contributed by atoms with van der Waals surface area (Å²) in [5.41, 5.74) is 2.22. The quantitative estimate of drug-likeness (QED) is 0.836. The Morgan fingerprint density at radius 3 is 2.00 bits per heavy atom. The highest BCUT2D eigenvalue weighted by Crippen LogP contribution is 2.29. The monoisotopic (exact) mass is 372 g/mol. The zero-order valence-corrected chi connectivity index (χ0v) is 16.3. The van der Waals surface area contributed by atoms with Gasteiger partial charge in [-0.2, -0.15) is 17.4 Å². The molecule has 26 heavy (non-hydrogen) atoms. The average molecular weight is 373 g/mol. The van der Waals surface area contributed by atoms with Crippen LogP contribution in [0, 0.1) is 0 Å². The van der Waals surface area contributed by atoms with Crippen LogP contribution >= 0.6 is 0 Å². The van der Waals surface area contributed by atoms with Gasteiger partial charge in [-0.3, -0.25) is 0 Å². The van der Waals surface area contributed by atoms with Gasteiger partial charge >= 0.3 is 0 Å². The van der Waals surface area contributed by atoms with Gasteiger partial charge in [0, 0.05) is 24.5 Å². The molecule has 2 aromatic carbocycles. The molecule has 1 aliphatic heterocycles. The molecule has 0 amide bonds. The van der Waals surface area contributed by atoms with Crippen molar-refractivity contribution in [1.29, 1.82) is 0 Å². The van der Waals surface area contributed by atoms with E-state index in [4.69, 9.17) is 0 Å². The summed E-state index contributed by atoms with van der Waals surface area (Å²) >= 11 is 0. The molecule has 0 spiro atoms. The van der Waals surface area contributed by atoms with E-state index < -0.39 is 10.2 Å². The van der Waals surface area contributed by atoms with Crippen LogP contribution < -0.4 is 4.72 Å². The molecule has 0 unspecified atom stereocenters. The van der Waals surface area contributed by atoms with E-state index in [1.54, 1.807) is 4.31 Å². The second kappa shape index (κ2) is 8.33. The summed E-state index contributed by atoms with van der Waals surface area (Å²) in [5.74, 6) is -0.0349. The zero-order chi connectivity index (χ0) is 18.6. The lowest BCUT2D eigenvalue weighted by Crippen LogP contribution is -2.51. The second-order valence-corrected chi connectivity index (χ2v) is 8.82. The van der Waals surface area contributed by atoms with Crippen LogP contribution in [0.1, 0.15) is 50.2 Å². The van der Waals surface area contributed by atoms with Crippen LogP contribution in [-0.4, -0.2) is 31.4 Å². The van der Waals surface area contributed by atoms with Gasteiger partial charge < -0.3 is 0 Å². The smallest absolute Gasteiger partial charge is 0.198 e. The predicted molar refractivity (Wildman–Crippen MR) is 106 cm³/mol. The summed E-state index contributed by atoms with van der Waals surface area (Å²) in [6.45, 7) is 4.55. The Hall–Kier alpha value is -1.69. The van der Waals surface area contributed by atoms with Crippen molar-refractivity contribution >= 4 is 10.2 Å². The van der Waals surface area contributed by atoms with Crippen molar-refractivity contribution in [2.45, 2.75) is 51.1 Å². The summed E-state index contributed by atoms with van der Waals surface area (Å²) in [7, 11) is -3.51. The third-order valence-electron chi connectivity index (χ3n) is 5.20. The van der Waals surface area contributed by atoms with Crippen LogP contribution in [0.3, 0.4) is 0 Å². The van der Waals surface area contributed by atoms with Crippen molar-refractivity contribution < 1.29 is 8.42 Å². The maximum absolute atomic E-state index is 13.0. The molecule has 3 rings (SSSR count). The first-order valence-electron chi connectivity index (χ1n) is 9.38. The number of hydrogen-bond donors (Lipinski definition) is 1. The predicted octanol–water partition coefficient (Wildman–Crippen LogP) is 3.92. The van der Waals surface area contributed by atoms with Gasteiger partial charge in [0.1, 0.15) is 0 Å². The van der Waals surface area contributed by atoms with Crippen LogP contribution in [-0.2, 0) is 10.2 Å². The number of nitrogens with one attached hydrogen (secondary N) is 1. The van der Waals surface area contributed by atoms with Crippen LogP contribution in [0.4, 0.5) is 0 Å². The molecule has 1 N–H and O–H groups in total. The Labute approximate surface area is 157 Å². The molecule has 1 fully saturated rings. The van der Waals surface area contributed by atoms with E-state index in [1.165, 1.54) is 0 Å². The lowest BCUT2D eigenvalue weighted by molar-refractivity contribution is 0.263. The first kappa shape index (κ1) is 19.1. The molecule has 5 heteroatoms. The molecule has 0 aliphatic carbocycles. The molecule has 1 aliphatic rings. The molecule has 0 bridgehead atoms. The highest BCUT2D eigenvalue weighted by molar-refractivity contribution is 7.87. The van der Waals surface area contributed by atoms with Crippen LogP contribution in [0.2, 0.25) is 0 Å². The third-order valence-corrected chi connectivity index (χ3v) is 7.03. The normalized spacial score (nSPS) is 20.2. The Balaban J connectivity index is 1.87. The molecular weight excluding hydrogens is 344 g/mol. The van der Waals surface area contributed by atoms with Crippen molar-refractivity contribution in [2.75, 3.05) is 6.54 Å². The van der Waals surface area contributed by atoms with E-state index in [9.17, 15) is 8.42 Å². The van der Waals surface area contributed by atoms with E-state index in [0.717, 1.165) is 30.4 Å². The van der Waals surface area contributed by atoms with E-state index in [-0.39, 0.29) is 18.0 Å². The van der Waals surface area contributed by atoms with Gasteiger partial charge in [0.05, 0.1) is 0 Å². The van der Waals surface area contributed by atoms with Gasteiger partial charge in [-0.05, 0) is 37.8 Å². The van der Waals surface area contributed by atoms with Gasteiger partial charge in [-0.1, -0.05) is 67.1 Å². The topological polar surface area (TPSA) is 49.4 Å². The molecule has 140 valence electrons. The summed E-state index contributed by atoms with van der Waals surface area (Å²) in [5, 5.41) is 0. The summed E-state index contributed by atoms with van der Waals surface area (Å²) in [4.78, 5) is 0. The summed E-state index contributed by atoms with van der Waals surface area (Å²) < 4.78 is 30.6. The molecule has 0 radical (unpaired) electrons. The standard InChI is InChI=1S/C21H28N2O2S/c1-17-11-9-10-16-23(17)26(24,25)22-18(2)21(19-12-5-3-6-13-19)20-14-7-4-8-15-20/h3-8,12-15,17-18,21-22H,9-11,16H2,1-2H3/t17-,18-/m0/s1. The van der Waals surface area contributed by atoms with Crippen molar-refractivity contribution in [3.8, 4) is 0 Å². The third kappa shape index (κ3) is 4.34. The molecular formula is C21H28N2O2S.